The molecule has 0 unspecified atom stereocenters. The summed E-state index contributed by atoms with van der Waals surface area (Å²) >= 11 is 0. The van der Waals surface area contributed by atoms with Crippen molar-refractivity contribution in [2.45, 2.75) is 20.0 Å². The van der Waals surface area contributed by atoms with E-state index in [0.29, 0.717) is 0 Å². The van der Waals surface area contributed by atoms with E-state index in [2.05, 4.69) is 0 Å². The lowest BCUT2D eigenvalue weighted by atomic mass is 10.0. The van der Waals surface area contributed by atoms with Crippen molar-refractivity contribution in [1.82, 2.24) is 0 Å². The maximum absolute atomic E-state index is 12.9. The van der Waals surface area contributed by atoms with Crippen molar-refractivity contribution >= 4 is 11.0 Å². The van der Waals surface area contributed by atoms with E-state index in [1.54, 1.807) is 0 Å². The fourth-order valence-electron chi connectivity index (χ4n) is 1.85. The Morgan fingerprint density at radius 1 is 1.17 bits per heavy atom. The van der Waals surface area contributed by atoms with E-state index in [1.165, 1.54) is 6.92 Å². The van der Waals surface area contributed by atoms with Crippen LogP contribution in [0.4, 0.5) is 13.2 Å². The van der Waals surface area contributed by atoms with Crippen LogP contribution in [0.3, 0.4) is 0 Å². The fraction of sp³-hybridized carbons (Fsp3) is 0.250. The quantitative estimate of drug-likeness (QED) is 0.738. The Balaban J connectivity index is 3.06. The third kappa shape index (κ3) is 1.73. The largest absolute Gasteiger partial charge is 0.508 e. The van der Waals surface area contributed by atoms with E-state index in [-0.39, 0.29) is 22.3 Å². The number of aromatic hydroxyl groups is 1. The maximum atomic E-state index is 12.9. The lowest BCUT2D eigenvalue weighted by Crippen LogP contribution is -2.16. The van der Waals surface area contributed by atoms with E-state index in [1.807, 2.05) is 0 Å². The number of fused-ring (bicyclic) bond motifs is 1. The Labute approximate surface area is 99.5 Å². The summed E-state index contributed by atoms with van der Waals surface area (Å²) in [6.07, 6.45) is -4.65. The molecule has 1 heterocycles. The molecular formula is C12H9F3O3. The molecule has 0 atom stereocenters. The van der Waals surface area contributed by atoms with Crippen LogP contribution in [-0.4, -0.2) is 5.11 Å². The number of aryl methyl sites for hydroxylation is 1. The lowest BCUT2D eigenvalue weighted by molar-refractivity contribution is -0.137. The van der Waals surface area contributed by atoms with Crippen molar-refractivity contribution in [3.05, 3.63) is 39.2 Å². The summed E-state index contributed by atoms with van der Waals surface area (Å²) in [5.41, 5.74) is -2.69. The third-order valence-electron chi connectivity index (χ3n) is 2.81. The summed E-state index contributed by atoms with van der Waals surface area (Å²) in [6.45, 7) is 2.45. The highest BCUT2D eigenvalue weighted by molar-refractivity contribution is 5.86. The second kappa shape index (κ2) is 3.76. The molecule has 1 N–H and O–H groups in total. The molecule has 0 aliphatic heterocycles. The van der Waals surface area contributed by atoms with Crippen LogP contribution in [0.15, 0.2) is 21.3 Å². The lowest BCUT2D eigenvalue weighted by Gasteiger charge is -2.13. The van der Waals surface area contributed by atoms with Gasteiger partial charge in [0.1, 0.15) is 11.3 Å². The summed E-state index contributed by atoms with van der Waals surface area (Å²) in [6, 6.07) is 2.24. The Bertz CT molecular complexity index is 683. The smallest absolute Gasteiger partial charge is 0.417 e. The standard InChI is InChI=1S/C12H9F3O3/c1-5-8(16)4-3-7-9(12(13,14)15)6(2)11(17)18-10(5)7/h3-4,16H,1-2H3. The highest BCUT2D eigenvalue weighted by atomic mass is 19.4. The van der Waals surface area contributed by atoms with Gasteiger partial charge in [-0.1, -0.05) is 0 Å². The Morgan fingerprint density at radius 3 is 2.33 bits per heavy atom. The minimum atomic E-state index is -4.65. The molecule has 0 spiro atoms. The summed E-state index contributed by atoms with van der Waals surface area (Å²) in [5.74, 6) is -0.220. The highest BCUT2D eigenvalue weighted by Crippen LogP contribution is 2.38. The van der Waals surface area contributed by atoms with Crippen molar-refractivity contribution in [2.75, 3.05) is 0 Å². The molecule has 0 fully saturated rings. The van der Waals surface area contributed by atoms with Gasteiger partial charge in [0, 0.05) is 16.5 Å². The van der Waals surface area contributed by atoms with E-state index in [9.17, 15) is 23.1 Å². The van der Waals surface area contributed by atoms with E-state index < -0.39 is 22.9 Å². The predicted octanol–water partition coefficient (Wildman–Crippen LogP) is 3.13. The molecule has 0 bridgehead atoms. The molecule has 96 valence electrons. The van der Waals surface area contributed by atoms with Crippen molar-refractivity contribution in [2.24, 2.45) is 0 Å². The number of halogens is 3. The minimum absolute atomic E-state index is 0.107. The van der Waals surface area contributed by atoms with Gasteiger partial charge in [0.2, 0.25) is 0 Å². The number of phenols is 1. The molecule has 2 rings (SSSR count). The average Bonchev–Trinajstić information content (AvgIpc) is 2.25. The molecule has 0 aliphatic carbocycles. The first-order chi connectivity index (χ1) is 8.23. The van der Waals surface area contributed by atoms with Crippen LogP contribution in [0.25, 0.3) is 11.0 Å². The molecule has 2 aromatic rings. The molecular weight excluding hydrogens is 249 g/mol. The highest BCUT2D eigenvalue weighted by Gasteiger charge is 2.36. The van der Waals surface area contributed by atoms with Gasteiger partial charge >= 0.3 is 11.8 Å². The van der Waals surface area contributed by atoms with Crippen LogP contribution in [0.5, 0.6) is 5.75 Å². The van der Waals surface area contributed by atoms with Crippen LogP contribution in [0.2, 0.25) is 0 Å². The van der Waals surface area contributed by atoms with Crippen LogP contribution >= 0.6 is 0 Å². The summed E-state index contributed by atoms with van der Waals surface area (Å²) in [5, 5.41) is 9.20. The van der Waals surface area contributed by atoms with Gasteiger partial charge < -0.3 is 9.52 Å². The second-order valence-electron chi connectivity index (χ2n) is 3.97. The SMILES string of the molecule is Cc1c(C(F)(F)F)c2ccc(O)c(C)c2oc1=O. The van der Waals surface area contributed by atoms with Crippen LogP contribution in [0, 0.1) is 13.8 Å². The van der Waals surface area contributed by atoms with Crippen LogP contribution in [-0.2, 0) is 6.18 Å². The maximum Gasteiger partial charge on any atom is 0.417 e. The molecule has 0 aliphatic rings. The normalized spacial score (nSPS) is 12.1. The van der Waals surface area contributed by atoms with E-state index in [0.717, 1.165) is 19.1 Å². The van der Waals surface area contributed by atoms with Crippen molar-refractivity contribution in [3.63, 3.8) is 0 Å². The number of hydrogen-bond donors (Lipinski definition) is 1. The second-order valence-corrected chi connectivity index (χ2v) is 3.97. The van der Waals surface area contributed by atoms with Crippen LogP contribution < -0.4 is 5.63 Å². The molecule has 3 nitrogen and oxygen atoms in total. The molecule has 1 aromatic heterocycles. The number of rotatable bonds is 0. The van der Waals surface area contributed by atoms with Gasteiger partial charge in [-0.05, 0) is 26.0 Å². The molecule has 0 amide bonds. The Hall–Kier alpha value is -1.98. The van der Waals surface area contributed by atoms with Gasteiger partial charge in [-0.25, -0.2) is 4.79 Å². The van der Waals surface area contributed by atoms with Gasteiger partial charge in [0.25, 0.3) is 0 Å². The number of alkyl halides is 3. The summed E-state index contributed by atoms with van der Waals surface area (Å²) in [4.78, 5) is 11.4. The van der Waals surface area contributed by atoms with Gasteiger partial charge in [0.15, 0.2) is 0 Å². The van der Waals surface area contributed by atoms with Gasteiger partial charge in [-0.2, -0.15) is 13.2 Å². The number of hydrogen-bond acceptors (Lipinski definition) is 3. The minimum Gasteiger partial charge on any atom is -0.508 e. The van der Waals surface area contributed by atoms with Gasteiger partial charge in [0.05, 0.1) is 5.56 Å². The third-order valence-corrected chi connectivity index (χ3v) is 2.81. The molecule has 6 heteroatoms. The zero-order valence-electron chi connectivity index (χ0n) is 9.55. The van der Waals surface area contributed by atoms with Crippen molar-refractivity contribution in [1.29, 1.82) is 0 Å². The average molecular weight is 258 g/mol. The number of phenolic OH excluding ortho intramolecular Hbond substituents is 1. The van der Waals surface area contributed by atoms with Crippen molar-refractivity contribution < 1.29 is 22.7 Å². The Kier molecular flexibility index (Phi) is 2.61. The zero-order chi connectivity index (χ0) is 13.7. The number of benzene rings is 1. The first kappa shape index (κ1) is 12.5. The monoisotopic (exact) mass is 258 g/mol. The zero-order valence-corrected chi connectivity index (χ0v) is 9.55. The van der Waals surface area contributed by atoms with E-state index in [4.69, 9.17) is 4.42 Å². The topological polar surface area (TPSA) is 50.4 Å². The molecule has 1 aromatic carbocycles. The Morgan fingerprint density at radius 2 is 1.78 bits per heavy atom. The first-order valence-corrected chi connectivity index (χ1v) is 5.06. The molecule has 0 radical (unpaired) electrons. The van der Waals surface area contributed by atoms with Crippen molar-refractivity contribution in [3.8, 4) is 5.75 Å². The predicted molar refractivity (Wildman–Crippen MR) is 58.6 cm³/mol. The van der Waals surface area contributed by atoms with Gasteiger partial charge in [-0.3, -0.25) is 0 Å². The molecule has 18 heavy (non-hydrogen) atoms. The summed E-state index contributed by atoms with van der Waals surface area (Å²) < 4.78 is 43.7. The van der Waals surface area contributed by atoms with E-state index >= 15 is 0 Å². The molecule has 0 saturated heterocycles. The summed E-state index contributed by atoms with van der Waals surface area (Å²) in [7, 11) is 0. The fourth-order valence-corrected chi connectivity index (χ4v) is 1.85. The van der Waals surface area contributed by atoms with Gasteiger partial charge in [-0.15, -0.1) is 0 Å². The van der Waals surface area contributed by atoms with Crippen LogP contribution in [0.1, 0.15) is 16.7 Å². The first-order valence-electron chi connectivity index (χ1n) is 5.06. The molecule has 0 saturated carbocycles.